The minimum atomic E-state index is -0.167. The van der Waals surface area contributed by atoms with Crippen molar-refractivity contribution in [1.29, 1.82) is 0 Å². The molecule has 0 aliphatic rings. The van der Waals surface area contributed by atoms with E-state index in [0.717, 1.165) is 6.54 Å². The highest BCUT2D eigenvalue weighted by Crippen LogP contribution is 2.12. The summed E-state index contributed by atoms with van der Waals surface area (Å²) in [6, 6.07) is 10.3. The van der Waals surface area contributed by atoms with Crippen LogP contribution in [0.4, 0.5) is 0 Å². The minimum Gasteiger partial charge on any atom is -0.469 e. The molecule has 1 unspecified atom stereocenters. The van der Waals surface area contributed by atoms with E-state index in [1.54, 1.807) is 0 Å². The lowest BCUT2D eigenvalue weighted by Crippen LogP contribution is -2.23. The summed E-state index contributed by atoms with van der Waals surface area (Å²) in [6.45, 7) is 3.71. The summed E-state index contributed by atoms with van der Waals surface area (Å²) in [5.41, 5.74) is 1.31. The van der Waals surface area contributed by atoms with Crippen LogP contribution in [-0.2, 0) is 9.53 Å². The lowest BCUT2D eigenvalue weighted by atomic mass is 10.0. The Hall–Kier alpha value is -1.35. The number of rotatable bonds is 6. The summed E-state index contributed by atoms with van der Waals surface area (Å²) in [7, 11) is 1.41. The molecule has 1 rings (SSSR count). The molecule has 0 aromatic heterocycles. The molecule has 0 heterocycles. The third kappa shape index (κ3) is 4.45. The lowest BCUT2D eigenvalue weighted by molar-refractivity contribution is -0.140. The maximum atomic E-state index is 10.9. The fourth-order valence-electron chi connectivity index (χ4n) is 1.51. The zero-order chi connectivity index (χ0) is 11.8. The van der Waals surface area contributed by atoms with Gasteiger partial charge in [0.25, 0.3) is 0 Å². The van der Waals surface area contributed by atoms with Crippen molar-refractivity contribution >= 4 is 5.97 Å². The minimum absolute atomic E-state index is 0.167. The van der Waals surface area contributed by atoms with E-state index in [2.05, 4.69) is 29.1 Å². The van der Waals surface area contributed by atoms with E-state index in [9.17, 15) is 4.79 Å². The van der Waals surface area contributed by atoms with Crippen LogP contribution in [0.15, 0.2) is 30.3 Å². The summed E-state index contributed by atoms with van der Waals surface area (Å²) >= 11 is 0. The fraction of sp³-hybridized carbons (Fsp3) is 0.462. The van der Waals surface area contributed by atoms with Gasteiger partial charge in [0.2, 0.25) is 0 Å². The monoisotopic (exact) mass is 221 g/mol. The first-order valence-corrected chi connectivity index (χ1v) is 5.56. The van der Waals surface area contributed by atoms with Gasteiger partial charge in [-0.1, -0.05) is 37.3 Å². The van der Waals surface area contributed by atoms with E-state index in [0.29, 0.717) is 18.9 Å². The highest BCUT2D eigenvalue weighted by atomic mass is 16.5. The number of nitrogens with one attached hydrogen (secondary N) is 1. The molecule has 0 radical (unpaired) electrons. The van der Waals surface area contributed by atoms with E-state index in [-0.39, 0.29) is 5.97 Å². The average molecular weight is 221 g/mol. The highest BCUT2D eigenvalue weighted by molar-refractivity contribution is 5.69. The average Bonchev–Trinajstić information content (AvgIpc) is 2.35. The van der Waals surface area contributed by atoms with E-state index < -0.39 is 0 Å². The molecule has 16 heavy (non-hydrogen) atoms. The van der Waals surface area contributed by atoms with Crippen LogP contribution in [0.2, 0.25) is 0 Å². The molecule has 1 aromatic rings. The number of carbonyl (C=O) groups excluding carboxylic acids is 1. The topological polar surface area (TPSA) is 38.3 Å². The van der Waals surface area contributed by atoms with Crippen LogP contribution in [0.25, 0.3) is 0 Å². The summed E-state index contributed by atoms with van der Waals surface area (Å²) in [5.74, 6) is 0.290. The molecule has 1 atom stereocenters. The Morgan fingerprint density at radius 2 is 2.06 bits per heavy atom. The molecule has 3 heteroatoms. The standard InChI is InChI=1S/C13H19NO2/c1-11(12-6-4-3-5-7-12)10-14-9-8-13(15)16-2/h3-7,11,14H,8-10H2,1-2H3. The number of hydrogen-bond acceptors (Lipinski definition) is 3. The van der Waals surface area contributed by atoms with E-state index in [1.165, 1.54) is 12.7 Å². The first-order chi connectivity index (χ1) is 7.74. The van der Waals surface area contributed by atoms with Crippen LogP contribution >= 0.6 is 0 Å². The molecule has 0 aliphatic heterocycles. The van der Waals surface area contributed by atoms with Gasteiger partial charge in [-0.25, -0.2) is 0 Å². The van der Waals surface area contributed by atoms with E-state index >= 15 is 0 Å². The van der Waals surface area contributed by atoms with Gasteiger partial charge in [-0.2, -0.15) is 0 Å². The largest absolute Gasteiger partial charge is 0.469 e. The van der Waals surface area contributed by atoms with Crippen molar-refractivity contribution in [3.05, 3.63) is 35.9 Å². The second-order valence-electron chi connectivity index (χ2n) is 3.84. The van der Waals surface area contributed by atoms with Crippen molar-refractivity contribution in [2.24, 2.45) is 0 Å². The van der Waals surface area contributed by atoms with Gasteiger partial charge in [0.15, 0.2) is 0 Å². The smallest absolute Gasteiger partial charge is 0.306 e. The van der Waals surface area contributed by atoms with Gasteiger partial charge >= 0.3 is 5.97 Å². The quantitative estimate of drug-likeness (QED) is 0.589. The van der Waals surface area contributed by atoms with Gasteiger partial charge in [0, 0.05) is 13.1 Å². The number of ether oxygens (including phenoxy) is 1. The Morgan fingerprint density at radius 1 is 1.38 bits per heavy atom. The van der Waals surface area contributed by atoms with E-state index in [1.807, 2.05) is 18.2 Å². The van der Waals surface area contributed by atoms with Crippen LogP contribution in [0.5, 0.6) is 0 Å². The number of carbonyl (C=O) groups is 1. The van der Waals surface area contributed by atoms with Crippen molar-refractivity contribution in [2.75, 3.05) is 20.2 Å². The van der Waals surface area contributed by atoms with Crippen molar-refractivity contribution in [1.82, 2.24) is 5.32 Å². The third-order valence-electron chi connectivity index (χ3n) is 2.55. The second-order valence-corrected chi connectivity index (χ2v) is 3.84. The Balaban J connectivity index is 2.21. The number of methoxy groups -OCH3 is 1. The molecule has 0 fully saturated rings. The van der Waals surface area contributed by atoms with Gasteiger partial charge in [-0.3, -0.25) is 4.79 Å². The molecule has 0 spiro atoms. The molecule has 0 aliphatic carbocycles. The maximum absolute atomic E-state index is 10.9. The number of esters is 1. The highest BCUT2D eigenvalue weighted by Gasteiger charge is 2.04. The normalized spacial score (nSPS) is 12.1. The van der Waals surface area contributed by atoms with Gasteiger partial charge in [-0.15, -0.1) is 0 Å². The molecule has 0 amide bonds. The predicted octanol–water partition coefficient (Wildman–Crippen LogP) is 1.94. The third-order valence-corrected chi connectivity index (χ3v) is 2.55. The van der Waals surface area contributed by atoms with Gasteiger partial charge < -0.3 is 10.1 Å². The summed E-state index contributed by atoms with van der Waals surface area (Å²) in [5, 5.41) is 3.25. The van der Waals surface area contributed by atoms with Gasteiger partial charge in [0.1, 0.15) is 0 Å². The molecule has 1 aromatic carbocycles. The molecule has 3 nitrogen and oxygen atoms in total. The molecule has 0 saturated carbocycles. The SMILES string of the molecule is COC(=O)CCNCC(C)c1ccccc1. The van der Waals surface area contributed by atoms with Gasteiger partial charge in [-0.05, 0) is 11.5 Å². The molecular formula is C13H19NO2. The van der Waals surface area contributed by atoms with Crippen molar-refractivity contribution < 1.29 is 9.53 Å². The predicted molar refractivity (Wildman–Crippen MR) is 64.4 cm³/mol. The van der Waals surface area contributed by atoms with Crippen LogP contribution in [0, 0.1) is 0 Å². The Morgan fingerprint density at radius 3 is 2.69 bits per heavy atom. The lowest BCUT2D eigenvalue weighted by Gasteiger charge is -2.12. The van der Waals surface area contributed by atoms with Gasteiger partial charge in [0.05, 0.1) is 13.5 Å². The maximum Gasteiger partial charge on any atom is 0.306 e. The first kappa shape index (κ1) is 12.7. The van der Waals surface area contributed by atoms with Crippen LogP contribution in [0.1, 0.15) is 24.8 Å². The Kier molecular flexibility index (Phi) is 5.57. The molecule has 1 N–H and O–H groups in total. The number of hydrogen-bond donors (Lipinski definition) is 1. The molecule has 0 bridgehead atoms. The van der Waals surface area contributed by atoms with Crippen LogP contribution in [0.3, 0.4) is 0 Å². The summed E-state index contributed by atoms with van der Waals surface area (Å²) < 4.78 is 4.56. The number of benzene rings is 1. The fourth-order valence-corrected chi connectivity index (χ4v) is 1.51. The summed E-state index contributed by atoms with van der Waals surface area (Å²) in [6.07, 6.45) is 0.429. The Bertz CT molecular complexity index is 311. The zero-order valence-corrected chi connectivity index (χ0v) is 9.90. The second kappa shape index (κ2) is 7.01. The van der Waals surface area contributed by atoms with E-state index in [4.69, 9.17) is 0 Å². The van der Waals surface area contributed by atoms with Crippen LogP contribution < -0.4 is 5.32 Å². The first-order valence-electron chi connectivity index (χ1n) is 5.56. The molecule has 0 saturated heterocycles. The molecular weight excluding hydrogens is 202 g/mol. The van der Waals surface area contributed by atoms with Crippen LogP contribution in [-0.4, -0.2) is 26.2 Å². The zero-order valence-electron chi connectivity index (χ0n) is 9.90. The van der Waals surface area contributed by atoms with Crippen molar-refractivity contribution in [3.63, 3.8) is 0 Å². The van der Waals surface area contributed by atoms with Crippen molar-refractivity contribution in [2.45, 2.75) is 19.3 Å². The summed E-state index contributed by atoms with van der Waals surface area (Å²) in [4.78, 5) is 10.9. The van der Waals surface area contributed by atoms with Crippen molar-refractivity contribution in [3.8, 4) is 0 Å². The Labute approximate surface area is 96.8 Å². The molecule has 88 valence electrons.